The van der Waals surface area contributed by atoms with E-state index >= 15 is 0 Å². The number of hydrogen-bond donors (Lipinski definition) is 2. The van der Waals surface area contributed by atoms with E-state index in [1.54, 1.807) is 19.2 Å². The van der Waals surface area contributed by atoms with Gasteiger partial charge in [0.15, 0.2) is 11.5 Å². The summed E-state index contributed by atoms with van der Waals surface area (Å²) < 4.78 is 10.5. The first kappa shape index (κ1) is 12.9. The number of ether oxygens (including phenoxy) is 2. The van der Waals surface area contributed by atoms with Gasteiger partial charge in [-0.2, -0.15) is 0 Å². The molecule has 6 heteroatoms. The average molecular weight is 261 g/mol. The highest BCUT2D eigenvalue weighted by atomic mass is 16.5. The maximum atomic E-state index is 11.8. The van der Waals surface area contributed by atoms with Gasteiger partial charge < -0.3 is 20.5 Å². The molecule has 1 amide bonds. The second-order valence-corrected chi connectivity index (χ2v) is 3.86. The van der Waals surface area contributed by atoms with Gasteiger partial charge in [-0.1, -0.05) is 0 Å². The van der Waals surface area contributed by atoms with Gasteiger partial charge in [0.1, 0.15) is 5.69 Å². The van der Waals surface area contributed by atoms with E-state index in [0.29, 0.717) is 33.7 Å². The number of rotatable bonds is 3. The maximum absolute atomic E-state index is 11.8. The molecule has 2 rings (SSSR count). The van der Waals surface area contributed by atoms with Crippen LogP contribution in [0.15, 0.2) is 18.3 Å². The van der Waals surface area contributed by atoms with Crippen molar-refractivity contribution >= 4 is 22.4 Å². The zero-order valence-electron chi connectivity index (χ0n) is 11.0. The number of pyridine rings is 1. The van der Waals surface area contributed by atoms with Crippen molar-refractivity contribution in [2.24, 2.45) is 0 Å². The maximum Gasteiger partial charge on any atom is 0.270 e. The molecule has 2 aromatic rings. The van der Waals surface area contributed by atoms with Crippen LogP contribution in [0.1, 0.15) is 10.5 Å². The summed E-state index contributed by atoms with van der Waals surface area (Å²) >= 11 is 0. The Balaban J connectivity index is 2.84. The smallest absolute Gasteiger partial charge is 0.270 e. The molecule has 0 fully saturated rings. The Morgan fingerprint density at radius 3 is 2.63 bits per heavy atom. The highest BCUT2D eigenvalue weighted by Crippen LogP contribution is 2.40. The number of carbonyl (C=O) groups is 1. The number of benzene rings is 1. The second-order valence-electron chi connectivity index (χ2n) is 3.86. The molecule has 0 radical (unpaired) electrons. The molecule has 19 heavy (non-hydrogen) atoms. The topological polar surface area (TPSA) is 86.5 Å². The molecule has 6 nitrogen and oxygen atoms in total. The lowest BCUT2D eigenvalue weighted by atomic mass is 10.1. The lowest BCUT2D eigenvalue weighted by molar-refractivity contribution is 0.0960. The standard InChI is InChI=1S/C13H15N3O3/c1-15-13(17)11-8-6-9(18-2)12(19-3)10(14)7(8)4-5-16-11/h4-6H,14H2,1-3H3,(H,15,17). The molecular weight excluding hydrogens is 246 g/mol. The predicted octanol–water partition coefficient (Wildman–Crippen LogP) is 1.19. The first-order valence-electron chi connectivity index (χ1n) is 5.65. The minimum atomic E-state index is -0.280. The van der Waals surface area contributed by atoms with Gasteiger partial charge >= 0.3 is 0 Å². The van der Waals surface area contributed by atoms with Crippen LogP contribution in [0.25, 0.3) is 10.8 Å². The van der Waals surface area contributed by atoms with Gasteiger partial charge in [-0.3, -0.25) is 9.78 Å². The molecule has 0 saturated carbocycles. The van der Waals surface area contributed by atoms with Crippen LogP contribution in [-0.2, 0) is 0 Å². The number of carbonyl (C=O) groups excluding carboxylic acids is 1. The van der Waals surface area contributed by atoms with Gasteiger partial charge in [0.25, 0.3) is 5.91 Å². The number of methoxy groups -OCH3 is 2. The first-order chi connectivity index (χ1) is 9.13. The van der Waals surface area contributed by atoms with Crippen LogP contribution in [0.5, 0.6) is 11.5 Å². The zero-order chi connectivity index (χ0) is 14.0. The van der Waals surface area contributed by atoms with Gasteiger partial charge in [-0.25, -0.2) is 0 Å². The Hall–Kier alpha value is -2.50. The van der Waals surface area contributed by atoms with Crippen molar-refractivity contribution in [3.05, 3.63) is 24.0 Å². The number of hydrogen-bond acceptors (Lipinski definition) is 5. The molecule has 0 aliphatic heterocycles. The number of nitrogens with one attached hydrogen (secondary N) is 1. The van der Waals surface area contributed by atoms with Crippen molar-refractivity contribution in [3.63, 3.8) is 0 Å². The number of aromatic nitrogens is 1. The van der Waals surface area contributed by atoms with Crippen LogP contribution in [0.4, 0.5) is 5.69 Å². The zero-order valence-corrected chi connectivity index (χ0v) is 11.0. The van der Waals surface area contributed by atoms with Crippen LogP contribution >= 0.6 is 0 Å². The fourth-order valence-electron chi connectivity index (χ4n) is 1.97. The minimum Gasteiger partial charge on any atom is -0.493 e. The number of nitrogens with zero attached hydrogens (tertiary/aromatic N) is 1. The van der Waals surface area contributed by atoms with E-state index < -0.39 is 0 Å². The third-order valence-corrected chi connectivity index (χ3v) is 2.89. The van der Waals surface area contributed by atoms with Gasteiger partial charge in [-0.05, 0) is 12.1 Å². The van der Waals surface area contributed by atoms with Crippen LogP contribution in [0.2, 0.25) is 0 Å². The largest absolute Gasteiger partial charge is 0.493 e. The summed E-state index contributed by atoms with van der Waals surface area (Å²) in [6.45, 7) is 0. The van der Waals surface area contributed by atoms with Crippen LogP contribution in [0, 0.1) is 0 Å². The van der Waals surface area contributed by atoms with E-state index in [1.165, 1.54) is 20.4 Å². The van der Waals surface area contributed by atoms with E-state index in [0.717, 1.165) is 0 Å². The first-order valence-corrected chi connectivity index (χ1v) is 5.65. The molecule has 0 aliphatic rings. The number of amides is 1. The normalized spacial score (nSPS) is 10.3. The molecule has 1 aromatic heterocycles. The molecule has 0 spiro atoms. The van der Waals surface area contributed by atoms with Crippen molar-refractivity contribution in [2.75, 3.05) is 27.0 Å². The van der Waals surface area contributed by atoms with Crippen LogP contribution in [0.3, 0.4) is 0 Å². The quantitative estimate of drug-likeness (QED) is 0.810. The molecule has 0 atom stereocenters. The fourth-order valence-corrected chi connectivity index (χ4v) is 1.97. The highest BCUT2D eigenvalue weighted by Gasteiger charge is 2.17. The Bertz CT molecular complexity index is 641. The minimum absolute atomic E-state index is 0.280. The summed E-state index contributed by atoms with van der Waals surface area (Å²) in [5.74, 6) is 0.631. The number of nitrogen functional groups attached to an aromatic ring is 1. The van der Waals surface area contributed by atoms with Crippen LogP contribution < -0.4 is 20.5 Å². The Morgan fingerprint density at radius 1 is 1.32 bits per heavy atom. The lowest BCUT2D eigenvalue weighted by Crippen LogP contribution is -2.19. The molecule has 0 aliphatic carbocycles. The second kappa shape index (κ2) is 5.01. The molecule has 0 saturated heterocycles. The molecule has 0 unspecified atom stereocenters. The third kappa shape index (κ3) is 2.01. The SMILES string of the molecule is CNC(=O)c1nccc2c(N)c(OC)c(OC)cc12. The van der Waals surface area contributed by atoms with E-state index in [1.807, 2.05) is 0 Å². The molecular formula is C13H15N3O3. The van der Waals surface area contributed by atoms with Crippen molar-refractivity contribution < 1.29 is 14.3 Å². The Morgan fingerprint density at radius 2 is 2.05 bits per heavy atom. The monoisotopic (exact) mass is 261 g/mol. The van der Waals surface area contributed by atoms with E-state index in [2.05, 4.69) is 10.3 Å². The summed E-state index contributed by atoms with van der Waals surface area (Å²) in [4.78, 5) is 15.9. The van der Waals surface area contributed by atoms with E-state index in [9.17, 15) is 4.79 Å². The average Bonchev–Trinajstić information content (AvgIpc) is 2.45. The Labute approximate surface area is 110 Å². The number of anilines is 1. The highest BCUT2D eigenvalue weighted by molar-refractivity contribution is 6.09. The van der Waals surface area contributed by atoms with Crippen molar-refractivity contribution in [2.45, 2.75) is 0 Å². The molecule has 1 aromatic carbocycles. The molecule has 0 bridgehead atoms. The van der Waals surface area contributed by atoms with Gasteiger partial charge in [0.05, 0.1) is 19.9 Å². The summed E-state index contributed by atoms with van der Waals surface area (Å²) in [7, 11) is 4.58. The fraction of sp³-hybridized carbons (Fsp3) is 0.231. The number of fused-ring (bicyclic) bond motifs is 1. The number of nitrogens with two attached hydrogens (primary N) is 1. The molecule has 3 N–H and O–H groups in total. The Kier molecular flexibility index (Phi) is 3.41. The summed E-state index contributed by atoms with van der Waals surface area (Å²) in [5, 5.41) is 3.87. The van der Waals surface area contributed by atoms with Gasteiger partial charge in [0, 0.05) is 24.0 Å². The van der Waals surface area contributed by atoms with Crippen molar-refractivity contribution in [1.29, 1.82) is 0 Å². The van der Waals surface area contributed by atoms with Crippen LogP contribution in [-0.4, -0.2) is 32.2 Å². The summed E-state index contributed by atoms with van der Waals surface area (Å²) in [6, 6.07) is 3.43. The summed E-state index contributed by atoms with van der Waals surface area (Å²) in [5.41, 5.74) is 6.77. The van der Waals surface area contributed by atoms with Crippen molar-refractivity contribution in [1.82, 2.24) is 10.3 Å². The van der Waals surface area contributed by atoms with Crippen molar-refractivity contribution in [3.8, 4) is 11.5 Å². The third-order valence-electron chi connectivity index (χ3n) is 2.89. The van der Waals surface area contributed by atoms with E-state index in [4.69, 9.17) is 15.2 Å². The van der Waals surface area contributed by atoms with Gasteiger partial charge in [0.2, 0.25) is 0 Å². The van der Waals surface area contributed by atoms with E-state index in [-0.39, 0.29) is 5.91 Å². The van der Waals surface area contributed by atoms with Gasteiger partial charge in [-0.15, -0.1) is 0 Å². The molecule has 1 heterocycles. The summed E-state index contributed by atoms with van der Waals surface area (Å²) in [6.07, 6.45) is 1.54. The predicted molar refractivity (Wildman–Crippen MR) is 72.6 cm³/mol. The lowest BCUT2D eigenvalue weighted by Gasteiger charge is -2.14. The molecule has 100 valence electrons.